The minimum absolute atomic E-state index is 0.598. The summed E-state index contributed by atoms with van der Waals surface area (Å²) < 4.78 is 2.00. The number of aromatic nitrogens is 4. The van der Waals surface area contributed by atoms with Gasteiger partial charge in [-0.2, -0.15) is 0 Å². The molecule has 0 radical (unpaired) electrons. The third-order valence-electron chi connectivity index (χ3n) is 3.08. The molecule has 8 heteroatoms. The normalized spacial score (nSPS) is 11.7. The van der Waals surface area contributed by atoms with Crippen molar-refractivity contribution in [2.24, 2.45) is 4.99 Å². The van der Waals surface area contributed by atoms with Gasteiger partial charge in [-0.05, 0) is 13.8 Å². The molecule has 21 heavy (non-hydrogen) atoms. The van der Waals surface area contributed by atoms with Gasteiger partial charge < -0.3 is 14.8 Å². The van der Waals surface area contributed by atoms with Crippen LogP contribution in [0.4, 0.5) is 0 Å². The van der Waals surface area contributed by atoms with Crippen molar-refractivity contribution in [2.45, 2.75) is 33.5 Å². The highest BCUT2D eigenvalue weighted by Gasteiger charge is 2.10. The molecule has 0 amide bonds. The summed E-state index contributed by atoms with van der Waals surface area (Å²) in [6, 6.07) is 0. The van der Waals surface area contributed by atoms with E-state index in [0.717, 1.165) is 35.6 Å². The second-order valence-corrected chi connectivity index (χ2v) is 5.71. The van der Waals surface area contributed by atoms with Crippen LogP contribution in [0, 0.1) is 6.92 Å². The van der Waals surface area contributed by atoms with Gasteiger partial charge in [0.1, 0.15) is 6.33 Å². The zero-order chi connectivity index (χ0) is 15.2. The number of nitrogens with one attached hydrogen (secondary N) is 1. The molecule has 1 N–H and O–H groups in total. The standard InChI is InChI=1S/C13H21N7S/c1-5-20-9-16-18-12(20)6-15-13(14-3)19(4)7-11-8-21-10(2)17-11/h8-9H,5-7H2,1-4H3,(H,14,15). The fourth-order valence-electron chi connectivity index (χ4n) is 2.02. The summed E-state index contributed by atoms with van der Waals surface area (Å²) in [7, 11) is 3.77. The third kappa shape index (κ3) is 4.01. The first-order valence-corrected chi connectivity index (χ1v) is 7.71. The van der Waals surface area contributed by atoms with Crippen LogP contribution in [-0.4, -0.2) is 44.7 Å². The minimum Gasteiger partial charge on any atom is -0.349 e. The van der Waals surface area contributed by atoms with E-state index >= 15 is 0 Å². The summed E-state index contributed by atoms with van der Waals surface area (Å²) in [4.78, 5) is 10.8. The molecule has 114 valence electrons. The van der Waals surface area contributed by atoms with Gasteiger partial charge in [0.25, 0.3) is 0 Å². The fourth-order valence-corrected chi connectivity index (χ4v) is 2.63. The largest absolute Gasteiger partial charge is 0.349 e. The van der Waals surface area contributed by atoms with Crippen molar-refractivity contribution in [1.82, 2.24) is 30.0 Å². The van der Waals surface area contributed by atoms with Crippen LogP contribution in [0.25, 0.3) is 0 Å². The number of rotatable bonds is 5. The number of hydrogen-bond donors (Lipinski definition) is 1. The van der Waals surface area contributed by atoms with Gasteiger partial charge in [0.05, 0.1) is 23.8 Å². The van der Waals surface area contributed by atoms with E-state index in [-0.39, 0.29) is 0 Å². The van der Waals surface area contributed by atoms with E-state index in [2.05, 4.69) is 37.8 Å². The lowest BCUT2D eigenvalue weighted by Gasteiger charge is -2.21. The molecule has 0 saturated carbocycles. The van der Waals surface area contributed by atoms with Crippen LogP contribution in [0.2, 0.25) is 0 Å². The van der Waals surface area contributed by atoms with Gasteiger partial charge in [0, 0.05) is 26.0 Å². The van der Waals surface area contributed by atoms with E-state index in [1.54, 1.807) is 24.7 Å². The van der Waals surface area contributed by atoms with Crippen LogP contribution >= 0.6 is 11.3 Å². The van der Waals surface area contributed by atoms with Gasteiger partial charge in [0.2, 0.25) is 0 Å². The molecular formula is C13H21N7S. The number of hydrogen-bond acceptors (Lipinski definition) is 5. The Hall–Kier alpha value is -1.96. The second-order valence-electron chi connectivity index (χ2n) is 4.65. The number of aliphatic imine (C=N–C) groups is 1. The molecule has 0 atom stereocenters. The molecule has 0 aliphatic rings. The quantitative estimate of drug-likeness (QED) is 0.665. The van der Waals surface area contributed by atoms with Crippen molar-refractivity contribution in [3.63, 3.8) is 0 Å². The maximum absolute atomic E-state index is 4.47. The predicted molar refractivity (Wildman–Crippen MR) is 84.2 cm³/mol. The zero-order valence-electron chi connectivity index (χ0n) is 12.9. The number of guanidine groups is 1. The summed E-state index contributed by atoms with van der Waals surface area (Å²) in [5, 5.41) is 14.5. The molecule has 0 unspecified atom stereocenters. The first kappa shape index (κ1) is 15.4. The summed E-state index contributed by atoms with van der Waals surface area (Å²) in [6.07, 6.45) is 1.74. The molecule has 2 aromatic rings. The summed E-state index contributed by atoms with van der Waals surface area (Å²) in [5.41, 5.74) is 1.06. The Kier molecular flexibility index (Phi) is 5.26. The molecule has 0 aromatic carbocycles. The summed E-state index contributed by atoms with van der Waals surface area (Å²) in [6.45, 7) is 6.26. The Balaban J connectivity index is 1.93. The van der Waals surface area contributed by atoms with Crippen LogP contribution in [-0.2, 0) is 19.6 Å². The molecule has 0 bridgehead atoms. The first-order chi connectivity index (χ1) is 10.1. The second kappa shape index (κ2) is 7.16. The van der Waals surface area contributed by atoms with Gasteiger partial charge in [0.15, 0.2) is 11.8 Å². The van der Waals surface area contributed by atoms with Crippen molar-refractivity contribution in [3.8, 4) is 0 Å². The average molecular weight is 307 g/mol. The molecule has 0 fully saturated rings. The lowest BCUT2D eigenvalue weighted by atomic mass is 10.4. The van der Waals surface area contributed by atoms with Crippen LogP contribution < -0.4 is 5.32 Å². The number of aryl methyl sites for hydroxylation is 2. The zero-order valence-corrected chi connectivity index (χ0v) is 13.7. The highest BCUT2D eigenvalue weighted by Crippen LogP contribution is 2.09. The van der Waals surface area contributed by atoms with Gasteiger partial charge >= 0.3 is 0 Å². The van der Waals surface area contributed by atoms with E-state index in [9.17, 15) is 0 Å². The Morgan fingerprint density at radius 3 is 2.95 bits per heavy atom. The number of nitrogens with zero attached hydrogens (tertiary/aromatic N) is 6. The monoisotopic (exact) mass is 307 g/mol. The van der Waals surface area contributed by atoms with E-state index in [1.165, 1.54) is 0 Å². The smallest absolute Gasteiger partial charge is 0.194 e. The van der Waals surface area contributed by atoms with Crippen molar-refractivity contribution in [2.75, 3.05) is 14.1 Å². The summed E-state index contributed by atoms with van der Waals surface area (Å²) in [5.74, 6) is 1.71. The highest BCUT2D eigenvalue weighted by atomic mass is 32.1. The van der Waals surface area contributed by atoms with Gasteiger partial charge in [-0.3, -0.25) is 4.99 Å². The molecule has 0 aliphatic heterocycles. The highest BCUT2D eigenvalue weighted by molar-refractivity contribution is 7.09. The summed E-state index contributed by atoms with van der Waals surface area (Å²) >= 11 is 1.66. The van der Waals surface area contributed by atoms with Crippen molar-refractivity contribution in [3.05, 3.63) is 28.2 Å². The van der Waals surface area contributed by atoms with E-state index < -0.39 is 0 Å². The molecule has 2 aromatic heterocycles. The maximum Gasteiger partial charge on any atom is 0.194 e. The Morgan fingerprint density at radius 2 is 2.33 bits per heavy atom. The number of thiazole rings is 1. The van der Waals surface area contributed by atoms with Gasteiger partial charge in [-0.1, -0.05) is 0 Å². The van der Waals surface area contributed by atoms with Crippen LogP contribution in [0.5, 0.6) is 0 Å². The van der Waals surface area contributed by atoms with Crippen LogP contribution in [0.1, 0.15) is 23.4 Å². The van der Waals surface area contributed by atoms with Crippen molar-refractivity contribution < 1.29 is 0 Å². The predicted octanol–water partition coefficient (Wildman–Crippen LogP) is 1.27. The molecular weight excluding hydrogens is 286 g/mol. The lowest BCUT2D eigenvalue weighted by Crippen LogP contribution is -2.38. The van der Waals surface area contributed by atoms with Gasteiger partial charge in [-0.25, -0.2) is 4.98 Å². The van der Waals surface area contributed by atoms with Crippen molar-refractivity contribution >= 4 is 17.3 Å². The molecule has 7 nitrogen and oxygen atoms in total. The molecule has 0 saturated heterocycles. The molecule has 0 aliphatic carbocycles. The topological polar surface area (TPSA) is 71.2 Å². The Labute approximate surface area is 128 Å². The lowest BCUT2D eigenvalue weighted by molar-refractivity contribution is 0.468. The van der Waals surface area contributed by atoms with E-state index in [4.69, 9.17) is 0 Å². The van der Waals surface area contributed by atoms with Gasteiger partial charge in [-0.15, -0.1) is 21.5 Å². The Morgan fingerprint density at radius 1 is 1.52 bits per heavy atom. The molecule has 2 rings (SSSR count). The van der Waals surface area contributed by atoms with Crippen molar-refractivity contribution in [1.29, 1.82) is 0 Å². The first-order valence-electron chi connectivity index (χ1n) is 6.83. The maximum atomic E-state index is 4.47. The third-order valence-corrected chi connectivity index (χ3v) is 3.90. The Bertz CT molecular complexity index is 601. The van der Waals surface area contributed by atoms with E-state index in [0.29, 0.717) is 6.54 Å². The van der Waals surface area contributed by atoms with Crippen LogP contribution in [0.3, 0.4) is 0 Å². The van der Waals surface area contributed by atoms with Crippen LogP contribution in [0.15, 0.2) is 16.7 Å². The average Bonchev–Trinajstić information content (AvgIpc) is 3.08. The molecule has 0 spiro atoms. The SMILES string of the molecule is CCn1cnnc1CNC(=NC)N(C)Cc1csc(C)n1. The molecule has 2 heterocycles. The minimum atomic E-state index is 0.598. The van der Waals surface area contributed by atoms with E-state index in [1.807, 2.05) is 23.4 Å². The fraction of sp³-hybridized carbons (Fsp3) is 0.538.